The summed E-state index contributed by atoms with van der Waals surface area (Å²) in [6.07, 6.45) is 7.75. The van der Waals surface area contributed by atoms with Gasteiger partial charge in [-0.3, -0.25) is 14.9 Å². The molecule has 2 saturated carbocycles. The molecule has 2 aliphatic heterocycles. The second-order valence-electron chi connectivity index (χ2n) is 11.2. The van der Waals surface area contributed by atoms with Gasteiger partial charge in [-0.25, -0.2) is 4.79 Å². The number of carbonyl (C=O) groups is 3. The van der Waals surface area contributed by atoms with Crippen LogP contribution < -0.4 is 16.0 Å². The average Bonchev–Trinajstić information content (AvgIpc) is 2.78. The smallest absolute Gasteiger partial charge is 0.321 e. The molecule has 7 atom stereocenters. The van der Waals surface area contributed by atoms with E-state index in [4.69, 9.17) is 11.6 Å². The maximum absolute atomic E-state index is 13.4. The van der Waals surface area contributed by atoms with Crippen molar-refractivity contribution >= 4 is 29.4 Å². The number of rotatable bonds is 3. The number of hydrogen-bond donors (Lipinski definition) is 3. The highest BCUT2D eigenvalue weighted by molar-refractivity contribution is 6.20. The van der Waals surface area contributed by atoms with Crippen LogP contribution in [-0.4, -0.2) is 59.8 Å². The van der Waals surface area contributed by atoms with Crippen molar-refractivity contribution in [3.05, 3.63) is 0 Å². The number of likely N-dealkylation sites (tertiary alicyclic amines) is 1. The molecule has 0 aromatic heterocycles. The first-order chi connectivity index (χ1) is 15.7. The van der Waals surface area contributed by atoms with Crippen LogP contribution in [0.2, 0.25) is 0 Å². The van der Waals surface area contributed by atoms with Crippen molar-refractivity contribution in [2.45, 2.75) is 95.1 Å². The van der Waals surface area contributed by atoms with Gasteiger partial charge in [-0.1, -0.05) is 6.92 Å². The van der Waals surface area contributed by atoms with E-state index in [1.54, 1.807) is 0 Å². The van der Waals surface area contributed by atoms with Crippen LogP contribution in [0.3, 0.4) is 0 Å². The molecule has 2 heterocycles. The van der Waals surface area contributed by atoms with E-state index in [1.807, 2.05) is 11.9 Å². The van der Waals surface area contributed by atoms with Crippen LogP contribution in [0.15, 0.2) is 0 Å². The van der Waals surface area contributed by atoms with Gasteiger partial charge in [0.1, 0.15) is 0 Å². The molecular formula is C25H41ClN4O3. The molecule has 0 aromatic carbocycles. The van der Waals surface area contributed by atoms with E-state index in [0.717, 1.165) is 64.3 Å². The first-order valence-corrected chi connectivity index (χ1v) is 13.4. The molecule has 4 aliphatic rings. The molecule has 4 rings (SSSR count). The number of imide groups is 1. The van der Waals surface area contributed by atoms with Gasteiger partial charge in [-0.2, -0.15) is 0 Å². The molecule has 33 heavy (non-hydrogen) atoms. The predicted octanol–water partition coefficient (Wildman–Crippen LogP) is 3.26. The molecule has 7 nitrogen and oxygen atoms in total. The zero-order valence-corrected chi connectivity index (χ0v) is 21.1. The number of alkyl halides is 1. The van der Waals surface area contributed by atoms with E-state index >= 15 is 0 Å². The van der Waals surface area contributed by atoms with E-state index in [1.165, 1.54) is 0 Å². The third kappa shape index (κ3) is 5.67. The van der Waals surface area contributed by atoms with Crippen LogP contribution in [0.1, 0.15) is 71.6 Å². The summed E-state index contributed by atoms with van der Waals surface area (Å²) in [5.74, 6) is 1.19. The van der Waals surface area contributed by atoms with Crippen molar-refractivity contribution < 1.29 is 14.4 Å². The molecule has 4 fully saturated rings. The molecule has 186 valence electrons. The van der Waals surface area contributed by atoms with Crippen LogP contribution >= 0.6 is 11.6 Å². The van der Waals surface area contributed by atoms with Gasteiger partial charge in [0.15, 0.2) is 0 Å². The molecule has 3 N–H and O–H groups in total. The van der Waals surface area contributed by atoms with Crippen molar-refractivity contribution in [2.75, 3.05) is 13.6 Å². The fourth-order valence-corrected chi connectivity index (χ4v) is 7.10. The van der Waals surface area contributed by atoms with Gasteiger partial charge in [-0.05, 0) is 82.5 Å². The Hall–Kier alpha value is -1.34. The summed E-state index contributed by atoms with van der Waals surface area (Å²) < 4.78 is 0. The number of hydrogen-bond acceptors (Lipinski definition) is 4. The fourth-order valence-electron chi connectivity index (χ4n) is 6.85. The van der Waals surface area contributed by atoms with Crippen LogP contribution in [0.25, 0.3) is 0 Å². The molecule has 4 amide bonds. The lowest BCUT2D eigenvalue weighted by atomic mass is 9.65. The minimum absolute atomic E-state index is 0.00193. The number of amides is 4. The lowest BCUT2D eigenvalue weighted by Crippen LogP contribution is -2.60. The monoisotopic (exact) mass is 480 g/mol. The minimum Gasteiger partial charge on any atom is -0.342 e. The van der Waals surface area contributed by atoms with Crippen LogP contribution in [0, 0.1) is 29.6 Å². The third-order valence-corrected chi connectivity index (χ3v) is 9.40. The van der Waals surface area contributed by atoms with Crippen molar-refractivity contribution in [1.29, 1.82) is 0 Å². The zero-order chi connectivity index (χ0) is 23.7. The van der Waals surface area contributed by atoms with Crippen LogP contribution in [0.5, 0.6) is 0 Å². The van der Waals surface area contributed by atoms with E-state index in [9.17, 15) is 14.4 Å². The van der Waals surface area contributed by atoms with Crippen molar-refractivity contribution in [3.8, 4) is 0 Å². The van der Waals surface area contributed by atoms with Gasteiger partial charge in [0.2, 0.25) is 11.8 Å². The molecular weight excluding hydrogens is 440 g/mol. The maximum atomic E-state index is 13.4. The topological polar surface area (TPSA) is 90.5 Å². The van der Waals surface area contributed by atoms with Crippen LogP contribution in [-0.2, 0) is 9.59 Å². The summed E-state index contributed by atoms with van der Waals surface area (Å²) in [5, 5.41) is 9.34. The van der Waals surface area contributed by atoms with Gasteiger partial charge in [-0.15, -0.1) is 11.6 Å². The highest BCUT2D eigenvalue weighted by Gasteiger charge is 2.47. The largest absolute Gasteiger partial charge is 0.342 e. The summed E-state index contributed by atoms with van der Waals surface area (Å²) in [4.78, 5) is 40.4. The van der Waals surface area contributed by atoms with Gasteiger partial charge in [0.05, 0.1) is 0 Å². The van der Waals surface area contributed by atoms with Gasteiger partial charge in [0, 0.05) is 48.9 Å². The lowest BCUT2D eigenvalue weighted by molar-refractivity contribution is -0.148. The number of halogens is 1. The average molecular weight is 481 g/mol. The van der Waals surface area contributed by atoms with Gasteiger partial charge < -0.3 is 15.5 Å². The summed E-state index contributed by atoms with van der Waals surface area (Å²) in [6.45, 7) is 5.41. The number of urea groups is 1. The van der Waals surface area contributed by atoms with Crippen molar-refractivity contribution in [2.24, 2.45) is 29.6 Å². The Bertz CT molecular complexity index is 741. The molecule has 0 aromatic rings. The Balaban J connectivity index is 1.32. The summed E-state index contributed by atoms with van der Waals surface area (Å²) >= 11 is 6.13. The van der Waals surface area contributed by atoms with E-state index in [2.05, 4.69) is 29.8 Å². The quantitative estimate of drug-likeness (QED) is 0.541. The Morgan fingerprint density at radius 2 is 1.76 bits per heavy atom. The Morgan fingerprint density at radius 3 is 2.48 bits per heavy atom. The summed E-state index contributed by atoms with van der Waals surface area (Å²) in [7, 11) is 1.98. The van der Waals surface area contributed by atoms with Crippen LogP contribution in [0.4, 0.5) is 4.79 Å². The third-order valence-electron chi connectivity index (χ3n) is 8.96. The normalized spacial score (nSPS) is 41.8. The molecule has 0 spiro atoms. The second-order valence-corrected chi connectivity index (χ2v) is 11.8. The van der Waals surface area contributed by atoms with Gasteiger partial charge in [0.25, 0.3) is 0 Å². The molecule has 7 unspecified atom stereocenters. The molecule has 2 aliphatic carbocycles. The predicted molar refractivity (Wildman–Crippen MR) is 129 cm³/mol. The van der Waals surface area contributed by atoms with Crippen molar-refractivity contribution in [1.82, 2.24) is 20.9 Å². The lowest BCUT2D eigenvalue weighted by Gasteiger charge is -2.50. The Morgan fingerprint density at radius 1 is 1.03 bits per heavy atom. The maximum Gasteiger partial charge on any atom is 0.321 e. The molecule has 2 saturated heterocycles. The number of nitrogens with one attached hydrogen (secondary N) is 3. The Labute approximate surface area is 203 Å². The number of piperidine rings is 2. The first kappa shape index (κ1) is 24.8. The number of carbonyl (C=O) groups excluding carboxylic acids is 3. The van der Waals surface area contributed by atoms with E-state index < -0.39 is 6.03 Å². The zero-order valence-electron chi connectivity index (χ0n) is 20.3. The minimum atomic E-state index is -0.399. The SMILES string of the molecule is CC1CC2C(CN1)CC(C1CC(NC(=O)NC(=O)C3CCC(Cl)CC3)CCC1C)C(=O)N2C. The van der Waals surface area contributed by atoms with Gasteiger partial charge >= 0.3 is 6.03 Å². The fraction of sp³-hybridized carbons (Fsp3) is 0.880. The molecule has 0 radical (unpaired) electrons. The molecule has 8 heteroatoms. The first-order valence-electron chi connectivity index (χ1n) is 13.0. The standard InChI is InChI=1S/C25H41ClN4O3/c1-14-4-9-19(28-25(33)29-23(31)16-5-7-18(26)8-6-16)12-20(14)21-11-17-13-27-15(2)10-22(17)30(3)24(21)32/h14-22,27H,4-13H2,1-3H3,(H2,28,29,31,33). The second kappa shape index (κ2) is 10.5. The van der Waals surface area contributed by atoms with E-state index in [0.29, 0.717) is 23.9 Å². The van der Waals surface area contributed by atoms with Crippen molar-refractivity contribution in [3.63, 3.8) is 0 Å². The van der Waals surface area contributed by atoms with E-state index in [-0.39, 0.29) is 41.0 Å². The summed E-state index contributed by atoms with van der Waals surface area (Å²) in [6, 6.07) is 0.386. The molecule has 0 bridgehead atoms. The highest BCUT2D eigenvalue weighted by Crippen LogP contribution is 2.43. The highest BCUT2D eigenvalue weighted by atomic mass is 35.5. The Kier molecular flexibility index (Phi) is 7.89. The summed E-state index contributed by atoms with van der Waals surface area (Å²) in [5.41, 5.74) is 0. The number of fused-ring (bicyclic) bond motifs is 1. The number of nitrogens with zero attached hydrogens (tertiary/aromatic N) is 1.